The average molecular weight is 333 g/mol. The van der Waals surface area contributed by atoms with Crippen LogP contribution in [0.3, 0.4) is 0 Å². The van der Waals surface area contributed by atoms with E-state index in [-0.39, 0.29) is 11.7 Å². The Kier molecular flexibility index (Phi) is 4.61. The summed E-state index contributed by atoms with van der Waals surface area (Å²) < 4.78 is 13.6. The van der Waals surface area contributed by atoms with Gasteiger partial charge in [-0.25, -0.2) is 4.39 Å². The van der Waals surface area contributed by atoms with Crippen molar-refractivity contribution in [3.05, 3.63) is 70.5 Å². The van der Waals surface area contributed by atoms with Gasteiger partial charge in [0, 0.05) is 10.9 Å². The summed E-state index contributed by atoms with van der Waals surface area (Å²) in [5.41, 5.74) is 8.72. The predicted molar refractivity (Wildman–Crippen MR) is 90.9 cm³/mol. The Morgan fingerprint density at radius 2 is 2.04 bits per heavy atom. The average Bonchev–Trinajstić information content (AvgIpc) is 3.00. The Bertz CT molecular complexity index is 717. The highest BCUT2D eigenvalue weighted by atomic mass is 35.5. The van der Waals surface area contributed by atoms with Crippen LogP contribution in [0.15, 0.2) is 53.6 Å². The van der Waals surface area contributed by atoms with Gasteiger partial charge in [0.15, 0.2) is 0 Å². The molecule has 0 saturated heterocycles. The Hall–Kier alpha value is -1.95. The highest BCUT2D eigenvalue weighted by molar-refractivity contribution is 6.30. The molecule has 0 radical (unpaired) electrons. The number of hydrazone groups is 1. The third-order valence-electron chi connectivity index (χ3n) is 3.94. The molecular weight excluding hydrogens is 315 g/mol. The first-order chi connectivity index (χ1) is 11.1. The van der Waals surface area contributed by atoms with Crippen molar-refractivity contribution in [2.75, 3.05) is 13.6 Å². The van der Waals surface area contributed by atoms with Gasteiger partial charge >= 0.3 is 0 Å². The maximum Gasteiger partial charge on any atom is 0.148 e. The van der Waals surface area contributed by atoms with Crippen LogP contribution >= 0.6 is 11.6 Å². The number of benzene rings is 2. The van der Waals surface area contributed by atoms with Crippen molar-refractivity contribution in [2.24, 2.45) is 10.8 Å². The van der Waals surface area contributed by atoms with Gasteiger partial charge in [-0.3, -0.25) is 16.1 Å². The largest absolute Gasteiger partial charge is 0.298 e. The number of rotatable bonds is 4. The van der Waals surface area contributed by atoms with Crippen LogP contribution in [-0.4, -0.2) is 30.6 Å². The summed E-state index contributed by atoms with van der Waals surface area (Å²) >= 11 is 5.96. The van der Waals surface area contributed by atoms with E-state index in [9.17, 15) is 4.39 Å². The third-order valence-corrected chi connectivity index (χ3v) is 4.20. The summed E-state index contributed by atoms with van der Waals surface area (Å²) in [6, 6.07) is 14.1. The summed E-state index contributed by atoms with van der Waals surface area (Å²) in [7, 11) is 1.78. The second kappa shape index (κ2) is 6.66. The molecule has 2 atom stereocenters. The molecule has 0 fully saturated rings. The minimum Gasteiger partial charge on any atom is -0.298 e. The van der Waals surface area contributed by atoms with E-state index < -0.39 is 6.29 Å². The fraction of sp³-hybridized carbons (Fsp3) is 0.235. The SMILES string of the molecule is CNC(N)N1CC(c2cccc(F)c2)C(c2ccc(Cl)cc2)=N1. The van der Waals surface area contributed by atoms with Crippen molar-refractivity contribution in [3.63, 3.8) is 0 Å². The molecule has 1 aliphatic heterocycles. The van der Waals surface area contributed by atoms with Crippen molar-refractivity contribution in [3.8, 4) is 0 Å². The second-order valence-electron chi connectivity index (χ2n) is 5.46. The monoisotopic (exact) mass is 332 g/mol. The first-order valence-electron chi connectivity index (χ1n) is 7.38. The van der Waals surface area contributed by atoms with Gasteiger partial charge in [0.05, 0.1) is 12.3 Å². The molecule has 3 rings (SSSR count). The zero-order valence-corrected chi connectivity index (χ0v) is 13.5. The molecule has 2 unspecified atom stereocenters. The van der Waals surface area contributed by atoms with Crippen LogP contribution < -0.4 is 11.1 Å². The zero-order valence-electron chi connectivity index (χ0n) is 12.7. The van der Waals surface area contributed by atoms with Crippen LogP contribution in [0.4, 0.5) is 4.39 Å². The van der Waals surface area contributed by atoms with Crippen LogP contribution in [0.2, 0.25) is 5.02 Å². The maximum absolute atomic E-state index is 13.6. The molecule has 0 aromatic heterocycles. The number of nitrogens with two attached hydrogens (primary N) is 1. The predicted octanol–water partition coefficient (Wildman–Crippen LogP) is 2.74. The molecule has 3 N–H and O–H groups in total. The molecule has 120 valence electrons. The van der Waals surface area contributed by atoms with E-state index in [0.29, 0.717) is 11.6 Å². The lowest BCUT2D eigenvalue weighted by atomic mass is 9.90. The Balaban J connectivity index is 2.00. The molecule has 0 aliphatic carbocycles. The van der Waals surface area contributed by atoms with Gasteiger partial charge in [0.2, 0.25) is 0 Å². The lowest BCUT2D eigenvalue weighted by molar-refractivity contribution is 0.199. The van der Waals surface area contributed by atoms with Crippen molar-refractivity contribution in [1.82, 2.24) is 10.3 Å². The van der Waals surface area contributed by atoms with Gasteiger partial charge in [-0.15, -0.1) is 0 Å². The van der Waals surface area contributed by atoms with E-state index >= 15 is 0 Å². The molecule has 4 nitrogen and oxygen atoms in total. The molecule has 1 aliphatic rings. The Labute approximate surface area is 139 Å². The van der Waals surface area contributed by atoms with Crippen molar-refractivity contribution in [2.45, 2.75) is 12.2 Å². The fourth-order valence-corrected chi connectivity index (χ4v) is 2.84. The number of halogens is 2. The first-order valence-corrected chi connectivity index (χ1v) is 7.75. The molecule has 23 heavy (non-hydrogen) atoms. The fourth-order valence-electron chi connectivity index (χ4n) is 2.71. The van der Waals surface area contributed by atoms with E-state index in [0.717, 1.165) is 16.8 Å². The molecule has 6 heteroatoms. The van der Waals surface area contributed by atoms with Gasteiger partial charge < -0.3 is 0 Å². The van der Waals surface area contributed by atoms with Crippen molar-refractivity contribution in [1.29, 1.82) is 0 Å². The van der Waals surface area contributed by atoms with Crippen LogP contribution in [0.5, 0.6) is 0 Å². The van der Waals surface area contributed by atoms with Crippen molar-refractivity contribution >= 4 is 17.3 Å². The van der Waals surface area contributed by atoms with Crippen LogP contribution in [0.1, 0.15) is 17.0 Å². The Morgan fingerprint density at radius 1 is 1.30 bits per heavy atom. The number of hydrogen-bond acceptors (Lipinski definition) is 4. The van der Waals surface area contributed by atoms with Gasteiger partial charge in [-0.05, 0) is 42.4 Å². The highest BCUT2D eigenvalue weighted by Crippen LogP contribution is 2.29. The second-order valence-corrected chi connectivity index (χ2v) is 5.89. The number of nitrogens with zero attached hydrogens (tertiary/aromatic N) is 2. The maximum atomic E-state index is 13.6. The zero-order chi connectivity index (χ0) is 16.4. The number of hydrogen-bond donors (Lipinski definition) is 2. The smallest absolute Gasteiger partial charge is 0.148 e. The van der Waals surface area contributed by atoms with E-state index in [1.54, 1.807) is 24.2 Å². The quantitative estimate of drug-likeness (QED) is 0.846. The first kappa shape index (κ1) is 15.9. The molecule has 0 spiro atoms. The molecule has 2 aromatic rings. The van der Waals surface area contributed by atoms with Crippen LogP contribution in [-0.2, 0) is 0 Å². The summed E-state index contributed by atoms with van der Waals surface area (Å²) in [6.07, 6.45) is -0.393. The van der Waals surface area contributed by atoms with Crippen molar-refractivity contribution < 1.29 is 4.39 Å². The molecular formula is C17H18ClFN4. The minimum atomic E-state index is -0.393. The summed E-state index contributed by atoms with van der Waals surface area (Å²) in [6.45, 7) is 0.587. The van der Waals surface area contributed by atoms with E-state index in [1.165, 1.54) is 6.07 Å². The summed E-state index contributed by atoms with van der Waals surface area (Å²) in [5, 5.41) is 10.1. The normalized spacial score (nSPS) is 18.9. The molecule has 1 heterocycles. The van der Waals surface area contributed by atoms with E-state index in [4.69, 9.17) is 17.3 Å². The molecule has 0 amide bonds. The summed E-state index contributed by atoms with van der Waals surface area (Å²) in [5.74, 6) is -0.305. The topological polar surface area (TPSA) is 53.6 Å². The highest BCUT2D eigenvalue weighted by Gasteiger charge is 2.31. The van der Waals surface area contributed by atoms with Gasteiger partial charge in [0.25, 0.3) is 0 Å². The minimum absolute atomic E-state index is 0.0497. The Morgan fingerprint density at radius 3 is 2.70 bits per heavy atom. The summed E-state index contributed by atoms with van der Waals surface area (Å²) in [4.78, 5) is 0. The molecule has 0 saturated carbocycles. The van der Waals surface area contributed by atoms with Gasteiger partial charge in [-0.2, -0.15) is 5.10 Å². The van der Waals surface area contributed by atoms with Gasteiger partial charge in [0.1, 0.15) is 12.1 Å². The van der Waals surface area contributed by atoms with Crippen LogP contribution in [0, 0.1) is 5.82 Å². The van der Waals surface area contributed by atoms with E-state index in [2.05, 4.69) is 10.4 Å². The van der Waals surface area contributed by atoms with Crippen LogP contribution in [0.25, 0.3) is 0 Å². The standard InChI is InChI=1S/C17H18ClFN4/c1-21-17(20)23-10-15(12-3-2-4-14(19)9-12)16(22-23)11-5-7-13(18)8-6-11/h2-9,15,17,21H,10,20H2,1H3. The molecule has 2 aromatic carbocycles. The lowest BCUT2D eigenvalue weighted by Crippen LogP contribution is -2.47. The van der Waals surface area contributed by atoms with E-state index in [1.807, 2.05) is 30.3 Å². The van der Waals surface area contributed by atoms with Gasteiger partial charge in [-0.1, -0.05) is 35.9 Å². The molecule has 0 bridgehead atoms. The number of nitrogens with one attached hydrogen (secondary N) is 1. The third kappa shape index (κ3) is 3.37. The lowest BCUT2D eigenvalue weighted by Gasteiger charge is -2.22.